The van der Waals surface area contributed by atoms with Gasteiger partial charge in [0.25, 0.3) is 11.8 Å². The molecule has 1 atom stereocenters. The minimum Gasteiger partial charge on any atom is -0.349 e. The second-order valence-corrected chi connectivity index (χ2v) is 10.4. The molecule has 38 heavy (non-hydrogen) atoms. The fraction of sp³-hybridized carbons (Fsp3) is 0.345. The molecule has 3 aromatic carbocycles. The lowest BCUT2D eigenvalue weighted by Gasteiger charge is -2.40. The van der Waals surface area contributed by atoms with E-state index < -0.39 is 17.9 Å². The van der Waals surface area contributed by atoms with Crippen LogP contribution in [0, 0.1) is 0 Å². The van der Waals surface area contributed by atoms with Crippen molar-refractivity contribution in [2.45, 2.75) is 31.2 Å². The number of imide groups is 1. The molecule has 0 saturated carbocycles. The first kappa shape index (κ1) is 24.7. The number of nitrogens with one attached hydrogen (secondary N) is 1. The van der Waals surface area contributed by atoms with Crippen molar-refractivity contribution in [3.05, 3.63) is 76.9 Å². The molecular formula is C29H30N4O5. The maximum absolute atomic E-state index is 13.4. The third-order valence-electron chi connectivity index (χ3n) is 8.02. The summed E-state index contributed by atoms with van der Waals surface area (Å²) in [4.78, 5) is 42.9. The third kappa shape index (κ3) is 4.08. The number of amides is 3. The van der Waals surface area contributed by atoms with Crippen molar-refractivity contribution in [1.82, 2.24) is 15.1 Å². The Labute approximate surface area is 220 Å². The van der Waals surface area contributed by atoms with Gasteiger partial charge in [0.05, 0.1) is 5.69 Å². The lowest BCUT2D eigenvalue weighted by molar-refractivity contribution is -0.280. The van der Waals surface area contributed by atoms with Crippen molar-refractivity contribution in [3.8, 4) is 0 Å². The van der Waals surface area contributed by atoms with Gasteiger partial charge in [-0.05, 0) is 48.5 Å². The number of piperazine rings is 1. The minimum atomic E-state index is -2.03. The van der Waals surface area contributed by atoms with Crippen molar-refractivity contribution in [2.75, 3.05) is 38.1 Å². The number of likely N-dealkylation sites (N-methyl/N-ethyl adjacent to an activating group) is 1. The molecule has 9 nitrogen and oxygen atoms in total. The summed E-state index contributed by atoms with van der Waals surface area (Å²) in [5.74, 6) is -3.01. The van der Waals surface area contributed by atoms with Crippen LogP contribution in [0.5, 0.6) is 0 Å². The highest BCUT2D eigenvalue weighted by molar-refractivity contribution is 6.27. The highest BCUT2D eigenvalue weighted by atomic mass is 16.5. The molecule has 3 aliphatic rings. The first-order chi connectivity index (χ1) is 18.2. The molecule has 2 saturated heterocycles. The fourth-order valence-corrected chi connectivity index (χ4v) is 5.83. The monoisotopic (exact) mass is 514 g/mol. The predicted molar refractivity (Wildman–Crippen MR) is 141 cm³/mol. The van der Waals surface area contributed by atoms with Crippen LogP contribution in [0.25, 0.3) is 10.8 Å². The molecule has 3 N–H and O–H groups in total. The molecule has 9 heteroatoms. The molecule has 1 unspecified atom stereocenters. The van der Waals surface area contributed by atoms with Gasteiger partial charge in [0, 0.05) is 49.1 Å². The van der Waals surface area contributed by atoms with Crippen molar-refractivity contribution < 1.29 is 24.6 Å². The van der Waals surface area contributed by atoms with Crippen molar-refractivity contribution in [2.24, 2.45) is 0 Å². The normalized spacial score (nSPS) is 20.9. The van der Waals surface area contributed by atoms with E-state index in [1.165, 1.54) is 4.90 Å². The Balaban J connectivity index is 1.27. The number of nitrogens with zero attached hydrogens (tertiary/aromatic N) is 3. The number of benzene rings is 3. The van der Waals surface area contributed by atoms with Crippen LogP contribution in [0.3, 0.4) is 0 Å². The van der Waals surface area contributed by atoms with Gasteiger partial charge < -0.3 is 15.1 Å². The van der Waals surface area contributed by atoms with Gasteiger partial charge in [0.1, 0.15) is 6.04 Å². The van der Waals surface area contributed by atoms with Gasteiger partial charge >= 0.3 is 0 Å². The molecule has 3 aromatic rings. The topological polar surface area (TPSA) is 113 Å². The summed E-state index contributed by atoms with van der Waals surface area (Å²) < 4.78 is 0. The Bertz CT molecular complexity index is 1440. The van der Waals surface area contributed by atoms with E-state index in [0.717, 1.165) is 35.0 Å². The molecule has 0 bridgehead atoms. The molecule has 0 radical (unpaired) electrons. The average molecular weight is 515 g/mol. The molecule has 0 aromatic heterocycles. The van der Waals surface area contributed by atoms with Crippen LogP contribution in [-0.2, 0) is 21.9 Å². The van der Waals surface area contributed by atoms with Crippen LogP contribution < -0.4 is 10.2 Å². The molecule has 2 fully saturated rings. The molecule has 3 heterocycles. The smallest absolute Gasteiger partial charge is 0.259 e. The van der Waals surface area contributed by atoms with Gasteiger partial charge in [-0.1, -0.05) is 42.5 Å². The second kappa shape index (κ2) is 9.28. The second-order valence-electron chi connectivity index (χ2n) is 10.4. The quantitative estimate of drug-likeness (QED) is 0.350. The van der Waals surface area contributed by atoms with Crippen LogP contribution >= 0.6 is 0 Å². The van der Waals surface area contributed by atoms with Gasteiger partial charge in [-0.15, -0.1) is 0 Å². The third-order valence-corrected chi connectivity index (χ3v) is 8.02. The van der Waals surface area contributed by atoms with E-state index in [4.69, 9.17) is 0 Å². The van der Waals surface area contributed by atoms with Gasteiger partial charge in [-0.2, -0.15) is 0 Å². The zero-order valence-corrected chi connectivity index (χ0v) is 21.2. The SMILES string of the molecule is CN1CCN(C(O)(O)c2ccc(Cc3ccc4c5c(cccc35)C(=O)N4C3CCC(=O)NC3=O)cc2)CC1. The van der Waals surface area contributed by atoms with Crippen LogP contribution in [0.1, 0.15) is 39.9 Å². The van der Waals surface area contributed by atoms with E-state index in [0.29, 0.717) is 42.7 Å². The number of carbonyl (C=O) groups excluding carboxylic acids is 3. The number of piperidine rings is 1. The maximum Gasteiger partial charge on any atom is 0.259 e. The zero-order valence-electron chi connectivity index (χ0n) is 21.2. The summed E-state index contributed by atoms with van der Waals surface area (Å²) in [6.45, 7) is 2.69. The minimum absolute atomic E-state index is 0.200. The molecule has 6 rings (SSSR count). The Morgan fingerprint density at radius 3 is 2.39 bits per heavy atom. The summed E-state index contributed by atoms with van der Waals surface area (Å²) in [5, 5.41) is 25.8. The lowest BCUT2D eigenvalue weighted by Crippen LogP contribution is -2.54. The Morgan fingerprint density at radius 2 is 1.68 bits per heavy atom. The molecule has 196 valence electrons. The number of carbonyl (C=O) groups is 3. The van der Waals surface area contributed by atoms with E-state index in [2.05, 4.69) is 10.2 Å². The molecular weight excluding hydrogens is 484 g/mol. The van der Waals surface area contributed by atoms with E-state index in [1.807, 2.05) is 43.4 Å². The van der Waals surface area contributed by atoms with Gasteiger partial charge in [0.15, 0.2) is 0 Å². The Hall–Kier alpha value is -3.63. The summed E-state index contributed by atoms with van der Waals surface area (Å²) in [6, 6.07) is 16.0. The predicted octanol–water partition coefficient (Wildman–Crippen LogP) is 1.54. The standard InChI is InChI=1S/C29H30N4O5/c1-31-13-15-32(16-14-31)29(37,38)20-8-5-18(6-9-20)17-19-7-10-23-26-21(19)3-2-4-22(26)28(36)33(23)24-11-12-25(34)30-27(24)35/h2-10,24,37-38H,11-17H2,1H3,(H,30,34,35). The summed E-state index contributed by atoms with van der Waals surface area (Å²) in [7, 11) is 2.02. The van der Waals surface area contributed by atoms with Crippen molar-refractivity contribution in [1.29, 1.82) is 0 Å². The molecule has 3 amide bonds. The molecule has 0 spiro atoms. The molecule has 3 aliphatic heterocycles. The highest BCUT2D eigenvalue weighted by Crippen LogP contribution is 2.41. The summed E-state index contributed by atoms with van der Waals surface area (Å²) in [6.07, 6.45) is 1.09. The Kier molecular flexibility index (Phi) is 6.03. The van der Waals surface area contributed by atoms with Gasteiger partial charge in [0.2, 0.25) is 11.8 Å². The largest absolute Gasteiger partial charge is 0.349 e. The average Bonchev–Trinajstić information content (AvgIpc) is 3.19. The number of hydrogen-bond acceptors (Lipinski definition) is 7. The number of hydrogen-bond donors (Lipinski definition) is 3. The first-order valence-electron chi connectivity index (χ1n) is 12.9. The van der Waals surface area contributed by atoms with E-state index in [1.54, 1.807) is 23.1 Å². The van der Waals surface area contributed by atoms with Crippen LogP contribution in [0.4, 0.5) is 5.69 Å². The van der Waals surface area contributed by atoms with E-state index >= 15 is 0 Å². The molecule has 0 aliphatic carbocycles. The van der Waals surface area contributed by atoms with Gasteiger partial charge in [-0.25, -0.2) is 4.90 Å². The number of aliphatic hydroxyl groups is 2. The highest BCUT2D eigenvalue weighted by Gasteiger charge is 2.41. The number of anilines is 1. The summed E-state index contributed by atoms with van der Waals surface area (Å²) in [5.41, 5.74) is 3.69. The van der Waals surface area contributed by atoms with E-state index in [9.17, 15) is 24.6 Å². The zero-order chi connectivity index (χ0) is 26.6. The Morgan fingerprint density at radius 1 is 0.947 bits per heavy atom. The van der Waals surface area contributed by atoms with Crippen LogP contribution in [0.15, 0.2) is 54.6 Å². The fourth-order valence-electron chi connectivity index (χ4n) is 5.83. The maximum atomic E-state index is 13.4. The van der Waals surface area contributed by atoms with Crippen LogP contribution in [0.2, 0.25) is 0 Å². The summed E-state index contributed by atoms with van der Waals surface area (Å²) >= 11 is 0. The lowest BCUT2D eigenvalue weighted by atomic mass is 9.95. The van der Waals surface area contributed by atoms with Crippen LogP contribution in [-0.4, -0.2) is 77.0 Å². The van der Waals surface area contributed by atoms with Crippen molar-refractivity contribution >= 4 is 34.2 Å². The number of rotatable bonds is 5. The van der Waals surface area contributed by atoms with E-state index in [-0.39, 0.29) is 18.2 Å². The van der Waals surface area contributed by atoms with Crippen molar-refractivity contribution in [3.63, 3.8) is 0 Å². The first-order valence-corrected chi connectivity index (χ1v) is 12.9. The van der Waals surface area contributed by atoms with Gasteiger partial charge in [-0.3, -0.25) is 24.6 Å².